The predicted molar refractivity (Wildman–Crippen MR) is 159 cm³/mol. The Balaban J connectivity index is 1.78. The zero-order chi connectivity index (χ0) is 29.1. The summed E-state index contributed by atoms with van der Waals surface area (Å²) in [5, 5.41) is 0. The van der Waals surface area contributed by atoms with E-state index in [4.69, 9.17) is 4.74 Å². The van der Waals surface area contributed by atoms with E-state index in [-0.39, 0.29) is 10.8 Å². The lowest BCUT2D eigenvalue weighted by atomic mass is 9.85. The summed E-state index contributed by atoms with van der Waals surface area (Å²) < 4.78 is 66.4. The first-order chi connectivity index (χ1) is 18.8. The maximum absolute atomic E-state index is 13.6. The van der Waals surface area contributed by atoms with Crippen molar-refractivity contribution in [2.75, 3.05) is 26.3 Å². The van der Waals surface area contributed by atoms with Gasteiger partial charge in [-0.3, -0.25) is 0 Å². The van der Waals surface area contributed by atoms with E-state index in [0.29, 0.717) is 42.7 Å². The Morgan fingerprint density at radius 3 is 2.15 bits per heavy atom. The predicted octanol–water partition coefficient (Wildman–Crippen LogP) is 5.34. The molecule has 1 aromatic heterocycles. The van der Waals surface area contributed by atoms with Gasteiger partial charge in [-0.05, 0) is 79.2 Å². The second kappa shape index (κ2) is 12.7. The number of hydrogen-bond donors (Lipinski definition) is 2. The van der Waals surface area contributed by atoms with Crippen LogP contribution in [0.2, 0.25) is 0 Å². The van der Waals surface area contributed by atoms with Gasteiger partial charge in [-0.25, -0.2) is 26.3 Å². The van der Waals surface area contributed by atoms with E-state index in [9.17, 15) is 16.8 Å². The van der Waals surface area contributed by atoms with Crippen LogP contribution >= 0.6 is 0 Å². The van der Waals surface area contributed by atoms with Gasteiger partial charge in [-0.1, -0.05) is 53.0 Å². The van der Waals surface area contributed by atoms with Crippen LogP contribution in [0.5, 0.6) is 0 Å². The zero-order valence-corrected chi connectivity index (χ0v) is 26.4. The van der Waals surface area contributed by atoms with Gasteiger partial charge in [0.05, 0.1) is 4.90 Å². The number of ether oxygens (including phenoxy) is 1. The van der Waals surface area contributed by atoms with Gasteiger partial charge in [0.1, 0.15) is 4.90 Å². The van der Waals surface area contributed by atoms with Crippen molar-refractivity contribution in [3.63, 3.8) is 0 Å². The minimum absolute atomic E-state index is 0.263. The highest BCUT2D eigenvalue weighted by Crippen LogP contribution is 2.37. The molecule has 1 saturated heterocycles. The van der Waals surface area contributed by atoms with E-state index in [0.717, 1.165) is 49.2 Å². The summed E-state index contributed by atoms with van der Waals surface area (Å²) >= 11 is 0. The molecule has 0 unspecified atom stereocenters. The average Bonchev–Trinajstić information content (AvgIpc) is 3.24. The van der Waals surface area contributed by atoms with Crippen molar-refractivity contribution in [1.82, 2.24) is 14.0 Å². The van der Waals surface area contributed by atoms with E-state index in [2.05, 4.69) is 14.0 Å². The third kappa shape index (κ3) is 7.18. The van der Waals surface area contributed by atoms with Crippen molar-refractivity contribution >= 4 is 20.0 Å². The molecular weight excluding hydrogens is 546 g/mol. The molecule has 0 atom stereocenters. The Labute approximate surface area is 241 Å². The van der Waals surface area contributed by atoms with Crippen molar-refractivity contribution < 1.29 is 21.6 Å². The first-order valence-corrected chi connectivity index (χ1v) is 17.7. The maximum atomic E-state index is 13.6. The molecule has 8 nitrogen and oxygen atoms in total. The van der Waals surface area contributed by atoms with Gasteiger partial charge in [0, 0.05) is 44.2 Å². The van der Waals surface area contributed by atoms with Crippen molar-refractivity contribution in [3.8, 4) is 11.3 Å². The van der Waals surface area contributed by atoms with Gasteiger partial charge in [0.25, 0.3) is 0 Å². The Kier molecular flexibility index (Phi) is 9.87. The molecule has 224 valence electrons. The molecule has 10 heteroatoms. The number of sulfonamides is 2. The molecule has 1 aliphatic heterocycles. The summed E-state index contributed by atoms with van der Waals surface area (Å²) in [6, 6.07) is 7.20. The minimum Gasteiger partial charge on any atom is -0.381 e. The summed E-state index contributed by atoms with van der Waals surface area (Å²) in [5.41, 5.74) is 2.62. The van der Waals surface area contributed by atoms with E-state index in [1.807, 2.05) is 39.8 Å². The van der Waals surface area contributed by atoms with Gasteiger partial charge in [0.15, 0.2) is 0 Å². The fourth-order valence-corrected chi connectivity index (χ4v) is 8.84. The summed E-state index contributed by atoms with van der Waals surface area (Å²) in [4.78, 5) is 0.561. The van der Waals surface area contributed by atoms with Crippen LogP contribution in [0.15, 0.2) is 34.1 Å². The number of hydrogen-bond acceptors (Lipinski definition) is 5. The zero-order valence-electron chi connectivity index (χ0n) is 24.8. The van der Waals surface area contributed by atoms with E-state index in [1.54, 1.807) is 19.1 Å². The monoisotopic (exact) mass is 593 g/mol. The second-order valence-corrected chi connectivity index (χ2v) is 15.9. The van der Waals surface area contributed by atoms with Gasteiger partial charge in [-0.15, -0.1) is 0 Å². The lowest BCUT2D eigenvalue weighted by molar-refractivity contribution is 0.0678. The number of nitrogens with one attached hydrogen (secondary N) is 2. The Morgan fingerprint density at radius 2 is 1.52 bits per heavy atom. The SMILES string of the molecule is CCNS(=O)(=O)c1ccc(-c2cc(S(=O)(=O)NCC3CCOCC3)c(C)n2CC2CCCCC2)cc1C(C)(C)C. The molecule has 2 aromatic rings. The average molecular weight is 594 g/mol. The van der Waals surface area contributed by atoms with Crippen LogP contribution < -0.4 is 9.44 Å². The molecule has 0 radical (unpaired) electrons. The number of benzene rings is 1. The number of rotatable bonds is 10. The highest BCUT2D eigenvalue weighted by molar-refractivity contribution is 7.89. The third-order valence-corrected chi connectivity index (χ3v) is 11.5. The molecule has 1 aliphatic carbocycles. The van der Waals surface area contributed by atoms with Gasteiger partial charge in [-0.2, -0.15) is 0 Å². The lowest BCUT2D eigenvalue weighted by Gasteiger charge is -2.26. The molecule has 1 aromatic carbocycles. The molecule has 0 spiro atoms. The summed E-state index contributed by atoms with van der Waals surface area (Å²) in [6.07, 6.45) is 7.62. The van der Waals surface area contributed by atoms with Crippen molar-refractivity contribution in [1.29, 1.82) is 0 Å². The number of nitrogens with zero attached hydrogens (tertiary/aromatic N) is 1. The molecular formula is C30H47N3O5S2. The largest absolute Gasteiger partial charge is 0.381 e. The van der Waals surface area contributed by atoms with Crippen molar-refractivity contribution in [3.05, 3.63) is 35.5 Å². The Bertz CT molecular complexity index is 1380. The Hall–Kier alpha value is -1.72. The molecule has 40 heavy (non-hydrogen) atoms. The van der Waals surface area contributed by atoms with E-state index in [1.165, 1.54) is 19.3 Å². The Morgan fingerprint density at radius 1 is 0.875 bits per heavy atom. The smallest absolute Gasteiger partial charge is 0.242 e. The fraction of sp³-hybridized carbons (Fsp3) is 0.667. The topological polar surface area (TPSA) is 106 Å². The summed E-state index contributed by atoms with van der Waals surface area (Å²) in [5.74, 6) is 0.757. The standard InChI is InChI=1S/C30H47N3O5S2/c1-6-31-39(34,35)28-13-12-25(18-26(28)30(3,4)5)27-19-29(22(2)33(27)21-24-10-8-7-9-11-24)40(36,37)32-20-23-14-16-38-17-15-23/h12-13,18-19,23-24,31-32H,6-11,14-17,20-21H2,1-5H3. The van der Waals surface area contributed by atoms with Crippen LogP contribution in [0.25, 0.3) is 11.3 Å². The first-order valence-electron chi connectivity index (χ1n) is 14.8. The molecule has 0 bridgehead atoms. The van der Waals surface area contributed by atoms with Gasteiger partial charge >= 0.3 is 0 Å². The summed E-state index contributed by atoms with van der Waals surface area (Å²) in [7, 11) is -7.41. The first kappa shape index (κ1) is 31.2. The molecule has 2 N–H and O–H groups in total. The highest BCUT2D eigenvalue weighted by Gasteiger charge is 2.29. The molecule has 2 aliphatic rings. The normalized spacial score (nSPS) is 18.3. The van der Waals surface area contributed by atoms with Crippen molar-refractivity contribution in [2.24, 2.45) is 11.8 Å². The lowest BCUT2D eigenvalue weighted by Crippen LogP contribution is -2.32. The molecule has 1 saturated carbocycles. The maximum Gasteiger partial charge on any atom is 0.242 e. The molecule has 2 heterocycles. The van der Waals surface area contributed by atoms with E-state index < -0.39 is 25.5 Å². The van der Waals surface area contributed by atoms with Crippen molar-refractivity contribution in [2.45, 2.75) is 101 Å². The second-order valence-electron chi connectivity index (χ2n) is 12.5. The van der Waals surface area contributed by atoms with Crippen LogP contribution in [0.3, 0.4) is 0 Å². The summed E-state index contributed by atoms with van der Waals surface area (Å²) in [6.45, 7) is 12.5. The number of aromatic nitrogens is 1. The van der Waals surface area contributed by atoms with E-state index >= 15 is 0 Å². The quantitative estimate of drug-likeness (QED) is 0.387. The van der Waals surface area contributed by atoms with Gasteiger partial charge in [0.2, 0.25) is 20.0 Å². The van der Waals surface area contributed by atoms with Crippen LogP contribution in [0.1, 0.15) is 83.9 Å². The van der Waals surface area contributed by atoms with Crippen LogP contribution in [-0.4, -0.2) is 47.7 Å². The molecule has 4 rings (SSSR count). The molecule has 2 fully saturated rings. The van der Waals surface area contributed by atoms with Gasteiger partial charge < -0.3 is 9.30 Å². The minimum atomic E-state index is -3.74. The van der Waals surface area contributed by atoms with Crippen LogP contribution in [-0.2, 0) is 36.7 Å². The molecule has 0 amide bonds. The van der Waals surface area contributed by atoms with Crippen LogP contribution in [0.4, 0.5) is 0 Å². The van der Waals surface area contributed by atoms with Crippen LogP contribution in [0, 0.1) is 18.8 Å². The fourth-order valence-electron chi connectivity index (χ4n) is 6.03. The highest BCUT2D eigenvalue weighted by atomic mass is 32.2. The third-order valence-electron chi connectivity index (χ3n) is 8.39.